The zero-order chi connectivity index (χ0) is 44.0. The van der Waals surface area contributed by atoms with Crippen LogP contribution in [0.1, 0.15) is 0 Å². The zero-order valence-corrected chi connectivity index (χ0v) is 35.9. The lowest BCUT2D eigenvalue weighted by Crippen LogP contribution is -1.97. The van der Waals surface area contributed by atoms with E-state index in [1.165, 1.54) is 70.9 Å². The van der Waals surface area contributed by atoms with Crippen molar-refractivity contribution < 1.29 is 0 Å². The lowest BCUT2D eigenvalue weighted by Gasteiger charge is -2.21. The lowest BCUT2D eigenvalue weighted by molar-refractivity contribution is 1.18. The van der Waals surface area contributed by atoms with Crippen molar-refractivity contribution in [2.75, 3.05) is 0 Å². The highest BCUT2D eigenvalue weighted by Gasteiger charge is 2.21. The summed E-state index contributed by atoms with van der Waals surface area (Å²) in [6.07, 6.45) is 0. The molecule has 12 rings (SSSR count). The molecule has 306 valence electrons. The molecular weight excluding hydrogens is 799 g/mol. The molecule has 0 fully saturated rings. The van der Waals surface area contributed by atoms with E-state index in [-0.39, 0.29) is 0 Å². The van der Waals surface area contributed by atoms with Crippen LogP contribution < -0.4 is 0 Å². The number of nitrogens with zero attached hydrogens (tertiary/aromatic N) is 3. The van der Waals surface area contributed by atoms with Gasteiger partial charge in [-0.1, -0.05) is 231 Å². The summed E-state index contributed by atoms with van der Waals surface area (Å²) in [7, 11) is 0. The predicted molar refractivity (Wildman–Crippen MR) is 276 cm³/mol. The van der Waals surface area contributed by atoms with Crippen LogP contribution in [0.5, 0.6) is 0 Å². The van der Waals surface area contributed by atoms with E-state index in [4.69, 9.17) is 16.5 Å². The molecule has 1 heterocycles. The number of aromatic nitrogens is 2. The van der Waals surface area contributed by atoms with Crippen LogP contribution in [0.2, 0.25) is 0 Å². The highest BCUT2D eigenvalue weighted by Crippen LogP contribution is 2.48. The number of rotatable bonds is 7. The van der Waals surface area contributed by atoms with E-state index in [1.807, 2.05) is 54.6 Å². The molecule has 0 unspecified atom stereocenters. The largest absolute Gasteiger partial charge is 0.238 e. The van der Waals surface area contributed by atoms with E-state index in [0.717, 1.165) is 44.8 Å². The van der Waals surface area contributed by atoms with Crippen LogP contribution in [-0.4, -0.2) is 9.97 Å². The van der Waals surface area contributed by atoms with Crippen molar-refractivity contribution in [1.29, 1.82) is 0 Å². The van der Waals surface area contributed by atoms with E-state index in [2.05, 4.69) is 187 Å². The van der Waals surface area contributed by atoms with Gasteiger partial charge in [0, 0.05) is 16.7 Å². The van der Waals surface area contributed by atoms with E-state index in [0.29, 0.717) is 11.5 Å². The van der Waals surface area contributed by atoms with Crippen molar-refractivity contribution >= 4 is 48.8 Å². The second kappa shape index (κ2) is 16.3. The minimum Gasteiger partial charge on any atom is -0.238 e. The van der Waals surface area contributed by atoms with E-state index in [9.17, 15) is 0 Å². The molecule has 0 aliphatic carbocycles. The molecule has 1 aromatic heterocycles. The first-order valence-corrected chi connectivity index (χ1v) is 22.3. The summed E-state index contributed by atoms with van der Waals surface area (Å²) in [5, 5.41) is 9.90. The van der Waals surface area contributed by atoms with Crippen molar-refractivity contribution in [3.05, 3.63) is 248 Å². The van der Waals surface area contributed by atoms with Gasteiger partial charge in [0.25, 0.3) is 0 Å². The second-order valence-corrected chi connectivity index (χ2v) is 16.7. The van der Waals surface area contributed by atoms with E-state index < -0.39 is 0 Å². The van der Waals surface area contributed by atoms with E-state index >= 15 is 0 Å². The van der Waals surface area contributed by atoms with Gasteiger partial charge in [-0.25, -0.2) is 14.8 Å². The highest BCUT2D eigenvalue weighted by molar-refractivity contribution is 6.29. The Morgan fingerprint density at radius 3 is 1.53 bits per heavy atom. The molecule has 0 saturated heterocycles. The van der Waals surface area contributed by atoms with Crippen molar-refractivity contribution in [3.8, 4) is 78.4 Å². The Labute approximate surface area is 383 Å². The fourth-order valence-electron chi connectivity index (χ4n) is 9.86. The van der Waals surface area contributed by atoms with Gasteiger partial charge in [-0.15, -0.1) is 0 Å². The van der Waals surface area contributed by atoms with Crippen LogP contribution in [0.15, 0.2) is 237 Å². The quantitative estimate of drug-likeness (QED) is 0.0909. The third-order valence-electron chi connectivity index (χ3n) is 12.9. The molecule has 0 aliphatic heterocycles. The molecule has 0 amide bonds. The van der Waals surface area contributed by atoms with E-state index in [1.54, 1.807) is 0 Å². The van der Waals surface area contributed by atoms with Crippen LogP contribution in [0.3, 0.4) is 0 Å². The van der Waals surface area contributed by atoms with Gasteiger partial charge in [0.05, 0.1) is 18.0 Å². The van der Waals surface area contributed by atoms with Gasteiger partial charge < -0.3 is 0 Å². The molecule has 12 aromatic rings. The van der Waals surface area contributed by atoms with Gasteiger partial charge in [-0.2, -0.15) is 0 Å². The van der Waals surface area contributed by atoms with Crippen LogP contribution >= 0.6 is 0 Å². The SMILES string of the molecule is [C-]#[N+]c1ccc(-c2ccccc2-c2cc(-c3ccc(-c4ccc(-c5c6ccccc6c(-c6ccccc6)c6c5ccc5ccccc56)c5ccccc45)cc3)nc(-c3ccccc3)n2)cc1. The Morgan fingerprint density at radius 1 is 0.303 bits per heavy atom. The maximum absolute atomic E-state index is 7.45. The van der Waals surface area contributed by atoms with Crippen molar-refractivity contribution in [3.63, 3.8) is 0 Å². The maximum atomic E-state index is 7.45. The topological polar surface area (TPSA) is 30.1 Å². The first kappa shape index (κ1) is 38.7. The van der Waals surface area contributed by atoms with Gasteiger partial charge >= 0.3 is 0 Å². The Hall–Kier alpha value is -8.97. The Bertz CT molecular complexity index is 3850. The lowest BCUT2D eigenvalue weighted by atomic mass is 9.82. The monoisotopic (exact) mass is 837 g/mol. The van der Waals surface area contributed by atoms with Gasteiger partial charge in [0.1, 0.15) is 0 Å². The summed E-state index contributed by atoms with van der Waals surface area (Å²) in [6.45, 7) is 7.45. The van der Waals surface area contributed by atoms with Crippen molar-refractivity contribution in [2.24, 2.45) is 0 Å². The number of hydrogen-bond acceptors (Lipinski definition) is 2. The number of benzene rings is 11. The maximum Gasteiger partial charge on any atom is 0.187 e. The summed E-state index contributed by atoms with van der Waals surface area (Å²) in [5.41, 5.74) is 14.6. The zero-order valence-electron chi connectivity index (χ0n) is 35.9. The Balaban J connectivity index is 0.999. The van der Waals surface area contributed by atoms with Crippen LogP contribution in [0, 0.1) is 6.57 Å². The van der Waals surface area contributed by atoms with Gasteiger partial charge in [-0.05, 0) is 93.7 Å². The molecule has 0 aliphatic rings. The van der Waals surface area contributed by atoms with Crippen LogP contribution in [0.25, 0.3) is 126 Å². The molecule has 66 heavy (non-hydrogen) atoms. The molecular formula is C63H39N3. The van der Waals surface area contributed by atoms with Crippen LogP contribution in [0.4, 0.5) is 5.69 Å². The molecule has 0 spiro atoms. The Morgan fingerprint density at radius 2 is 0.818 bits per heavy atom. The first-order valence-electron chi connectivity index (χ1n) is 22.3. The third-order valence-corrected chi connectivity index (χ3v) is 12.9. The minimum absolute atomic E-state index is 0.615. The molecule has 0 atom stereocenters. The smallest absolute Gasteiger partial charge is 0.187 e. The number of hydrogen-bond donors (Lipinski definition) is 0. The molecule has 0 saturated carbocycles. The fourth-order valence-corrected chi connectivity index (χ4v) is 9.86. The van der Waals surface area contributed by atoms with Gasteiger partial charge in [0.2, 0.25) is 0 Å². The first-order chi connectivity index (χ1) is 32.7. The molecule has 11 aromatic carbocycles. The molecule has 0 bridgehead atoms. The molecule has 3 heteroatoms. The summed E-state index contributed by atoms with van der Waals surface area (Å²) in [4.78, 5) is 13.9. The highest BCUT2D eigenvalue weighted by atomic mass is 14.9. The number of fused-ring (bicyclic) bond motifs is 5. The van der Waals surface area contributed by atoms with Gasteiger partial charge in [0.15, 0.2) is 11.5 Å². The average molecular weight is 838 g/mol. The standard InChI is InChI=1S/C63H39N3/c1-64-47-35-32-43(33-36-47)48-21-10-13-25-53(48)59-40-58(65-63(66-59)46-19-6-3-7-20-46)44-30-28-42(29-31-44)49-38-39-56(52-24-12-11-23-51(49)52)61-55-27-15-14-26-54(55)60(45-17-4-2-5-18-45)62-50-22-9-8-16-41(50)34-37-57(61)62/h2-40H. The second-order valence-electron chi connectivity index (χ2n) is 16.7. The molecule has 0 radical (unpaired) electrons. The molecule has 3 nitrogen and oxygen atoms in total. The normalized spacial score (nSPS) is 11.3. The summed E-state index contributed by atoms with van der Waals surface area (Å²) < 4.78 is 0. The summed E-state index contributed by atoms with van der Waals surface area (Å²) in [5.74, 6) is 0.664. The molecule has 0 N–H and O–H groups in total. The minimum atomic E-state index is 0.615. The average Bonchev–Trinajstić information content (AvgIpc) is 3.40. The van der Waals surface area contributed by atoms with Gasteiger partial charge in [-0.3, -0.25) is 0 Å². The Kier molecular flexibility index (Phi) is 9.55. The summed E-state index contributed by atoms with van der Waals surface area (Å²) in [6, 6.07) is 83.8. The third kappa shape index (κ3) is 6.68. The van der Waals surface area contributed by atoms with Crippen molar-refractivity contribution in [2.45, 2.75) is 0 Å². The fraction of sp³-hybridized carbons (Fsp3) is 0. The van der Waals surface area contributed by atoms with Crippen LogP contribution in [-0.2, 0) is 0 Å². The predicted octanol–water partition coefficient (Wildman–Crippen LogP) is 17.3. The summed E-state index contributed by atoms with van der Waals surface area (Å²) >= 11 is 0. The van der Waals surface area contributed by atoms with Crippen molar-refractivity contribution in [1.82, 2.24) is 9.97 Å².